The standard InChI is InChI=1S/C7H6N2O4/c10-9(11)5-1-2-8-7-6(5)12-3-4-13-7/h1-2H,3-4H2. The Morgan fingerprint density at radius 1 is 1.46 bits per heavy atom. The van der Waals surface area contributed by atoms with Crippen molar-refractivity contribution in [1.82, 2.24) is 4.98 Å². The number of nitro groups is 1. The summed E-state index contributed by atoms with van der Waals surface area (Å²) in [4.78, 5) is 13.8. The van der Waals surface area contributed by atoms with Gasteiger partial charge in [-0.2, -0.15) is 0 Å². The van der Waals surface area contributed by atoms with Gasteiger partial charge in [-0.1, -0.05) is 0 Å². The molecule has 0 radical (unpaired) electrons. The lowest BCUT2D eigenvalue weighted by Crippen LogP contribution is -2.17. The Morgan fingerprint density at radius 3 is 3.00 bits per heavy atom. The SMILES string of the molecule is O=[N+]([O-])c1ccnc2c1OCCO2. The van der Waals surface area contributed by atoms with Gasteiger partial charge in [-0.15, -0.1) is 0 Å². The molecule has 1 aromatic heterocycles. The molecule has 2 heterocycles. The van der Waals surface area contributed by atoms with Gasteiger partial charge in [0.2, 0.25) is 0 Å². The van der Waals surface area contributed by atoms with Gasteiger partial charge >= 0.3 is 5.69 Å². The summed E-state index contributed by atoms with van der Waals surface area (Å²) in [5, 5.41) is 10.5. The first kappa shape index (κ1) is 7.78. The molecular formula is C7H6N2O4. The number of aromatic nitrogens is 1. The van der Waals surface area contributed by atoms with Crippen molar-refractivity contribution in [3.63, 3.8) is 0 Å². The summed E-state index contributed by atoms with van der Waals surface area (Å²) in [7, 11) is 0. The average Bonchev–Trinajstić information content (AvgIpc) is 2.17. The second kappa shape index (κ2) is 2.89. The highest BCUT2D eigenvalue weighted by molar-refractivity contribution is 5.52. The van der Waals surface area contributed by atoms with E-state index in [1.165, 1.54) is 12.3 Å². The Balaban J connectivity index is 2.52. The highest BCUT2D eigenvalue weighted by Crippen LogP contribution is 2.36. The zero-order valence-corrected chi connectivity index (χ0v) is 6.60. The topological polar surface area (TPSA) is 74.5 Å². The maximum Gasteiger partial charge on any atom is 0.318 e. The molecule has 0 aliphatic carbocycles. The van der Waals surface area contributed by atoms with Crippen molar-refractivity contribution in [2.75, 3.05) is 13.2 Å². The first-order chi connectivity index (χ1) is 6.29. The molecule has 6 nitrogen and oxygen atoms in total. The Hall–Kier alpha value is -1.85. The molecule has 0 saturated heterocycles. The van der Waals surface area contributed by atoms with E-state index in [1.807, 2.05) is 0 Å². The molecule has 6 heteroatoms. The third-order valence-corrected chi connectivity index (χ3v) is 1.62. The quantitative estimate of drug-likeness (QED) is 0.473. The molecule has 1 aliphatic heterocycles. The molecule has 13 heavy (non-hydrogen) atoms. The second-order valence-electron chi connectivity index (χ2n) is 2.42. The third-order valence-electron chi connectivity index (χ3n) is 1.62. The van der Waals surface area contributed by atoms with Crippen molar-refractivity contribution in [2.45, 2.75) is 0 Å². The number of hydrogen-bond acceptors (Lipinski definition) is 5. The van der Waals surface area contributed by atoms with Crippen LogP contribution in [0.4, 0.5) is 5.69 Å². The van der Waals surface area contributed by atoms with Crippen LogP contribution in [0.1, 0.15) is 0 Å². The van der Waals surface area contributed by atoms with E-state index in [0.717, 1.165) is 0 Å². The van der Waals surface area contributed by atoms with Crippen LogP contribution in [-0.4, -0.2) is 23.1 Å². The average molecular weight is 182 g/mol. The number of pyridine rings is 1. The van der Waals surface area contributed by atoms with Crippen molar-refractivity contribution in [3.8, 4) is 11.6 Å². The van der Waals surface area contributed by atoms with Crippen molar-refractivity contribution in [2.24, 2.45) is 0 Å². The van der Waals surface area contributed by atoms with Crippen LogP contribution < -0.4 is 9.47 Å². The van der Waals surface area contributed by atoms with Gasteiger partial charge in [0.15, 0.2) is 0 Å². The Labute approximate surface area is 73.3 Å². The fourth-order valence-electron chi connectivity index (χ4n) is 1.08. The highest BCUT2D eigenvalue weighted by atomic mass is 16.6. The highest BCUT2D eigenvalue weighted by Gasteiger charge is 2.24. The fraction of sp³-hybridized carbons (Fsp3) is 0.286. The van der Waals surface area contributed by atoms with Crippen molar-refractivity contribution >= 4 is 5.69 Å². The van der Waals surface area contributed by atoms with Gasteiger partial charge in [-0.25, -0.2) is 4.98 Å². The van der Waals surface area contributed by atoms with E-state index >= 15 is 0 Å². The van der Waals surface area contributed by atoms with Crippen LogP contribution >= 0.6 is 0 Å². The summed E-state index contributed by atoms with van der Waals surface area (Å²) in [6.45, 7) is 0.695. The summed E-state index contributed by atoms with van der Waals surface area (Å²) in [6, 6.07) is 1.29. The van der Waals surface area contributed by atoms with Crippen LogP contribution in [0.15, 0.2) is 12.3 Å². The smallest absolute Gasteiger partial charge is 0.318 e. The van der Waals surface area contributed by atoms with Gasteiger partial charge in [0.05, 0.1) is 4.92 Å². The molecular weight excluding hydrogens is 176 g/mol. The van der Waals surface area contributed by atoms with Crippen LogP contribution in [0.25, 0.3) is 0 Å². The maximum atomic E-state index is 10.5. The van der Waals surface area contributed by atoms with E-state index in [0.29, 0.717) is 13.2 Å². The number of hydrogen-bond donors (Lipinski definition) is 0. The minimum absolute atomic E-state index is 0.107. The van der Waals surface area contributed by atoms with Crippen molar-refractivity contribution < 1.29 is 14.4 Å². The summed E-state index contributed by atoms with van der Waals surface area (Å²) < 4.78 is 10.2. The molecule has 1 aliphatic rings. The Bertz CT molecular complexity index is 352. The molecule has 0 saturated carbocycles. The fourth-order valence-corrected chi connectivity index (χ4v) is 1.08. The zero-order valence-electron chi connectivity index (χ0n) is 6.60. The summed E-state index contributed by atoms with van der Waals surface area (Å²) in [5.41, 5.74) is -0.107. The first-order valence-electron chi connectivity index (χ1n) is 3.68. The second-order valence-corrected chi connectivity index (χ2v) is 2.42. The van der Waals surface area contributed by atoms with E-state index in [1.54, 1.807) is 0 Å². The van der Waals surface area contributed by atoms with Crippen LogP contribution in [-0.2, 0) is 0 Å². The zero-order chi connectivity index (χ0) is 9.26. The largest absolute Gasteiger partial charge is 0.479 e. The number of rotatable bonds is 1. The Morgan fingerprint density at radius 2 is 2.23 bits per heavy atom. The van der Waals surface area contributed by atoms with Gasteiger partial charge < -0.3 is 9.47 Å². The molecule has 0 fully saturated rings. The van der Waals surface area contributed by atoms with Gasteiger partial charge in [-0.05, 0) is 0 Å². The molecule has 0 aromatic carbocycles. The van der Waals surface area contributed by atoms with Gasteiger partial charge in [0.1, 0.15) is 13.2 Å². The van der Waals surface area contributed by atoms with E-state index in [4.69, 9.17) is 9.47 Å². The lowest BCUT2D eigenvalue weighted by molar-refractivity contribution is -0.386. The van der Waals surface area contributed by atoms with E-state index < -0.39 is 4.92 Å². The minimum Gasteiger partial charge on any atom is -0.479 e. The van der Waals surface area contributed by atoms with Gasteiger partial charge in [0.25, 0.3) is 11.6 Å². The molecule has 0 N–H and O–H groups in total. The predicted octanol–water partition coefficient (Wildman–Crippen LogP) is 0.761. The van der Waals surface area contributed by atoms with E-state index in [2.05, 4.69) is 4.98 Å². The van der Waals surface area contributed by atoms with Crippen LogP contribution in [0, 0.1) is 10.1 Å². The van der Waals surface area contributed by atoms with Crippen LogP contribution in [0.5, 0.6) is 11.6 Å². The van der Waals surface area contributed by atoms with E-state index in [9.17, 15) is 10.1 Å². The number of fused-ring (bicyclic) bond motifs is 1. The van der Waals surface area contributed by atoms with Crippen LogP contribution in [0.2, 0.25) is 0 Å². The molecule has 0 amide bonds. The molecule has 0 unspecified atom stereocenters. The molecule has 68 valence electrons. The summed E-state index contributed by atoms with van der Waals surface area (Å²) in [6.07, 6.45) is 1.33. The molecule has 2 rings (SSSR count). The minimum atomic E-state index is -0.519. The first-order valence-corrected chi connectivity index (χ1v) is 3.68. The van der Waals surface area contributed by atoms with Crippen molar-refractivity contribution in [1.29, 1.82) is 0 Å². The lowest BCUT2D eigenvalue weighted by atomic mass is 10.3. The monoisotopic (exact) mass is 182 g/mol. The van der Waals surface area contributed by atoms with E-state index in [-0.39, 0.29) is 17.3 Å². The maximum absolute atomic E-state index is 10.5. The Kier molecular flexibility index (Phi) is 1.73. The third kappa shape index (κ3) is 1.26. The molecule has 0 atom stereocenters. The summed E-state index contributed by atoms with van der Waals surface area (Å²) >= 11 is 0. The summed E-state index contributed by atoms with van der Waals surface area (Å²) in [5.74, 6) is 0.319. The number of nitrogens with zero attached hydrogens (tertiary/aromatic N) is 2. The molecule has 0 spiro atoms. The normalized spacial score (nSPS) is 13.8. The number of ether oxygens (including phenoxy) is 2. The van der Waals surface area contributed by atoms with Gasteiger partial charge in [-0.3, -0.25) is 10.1 Å². The molecule has 0 bridgehead atoms. The van der Waals surface area contributed by atoms with Crippen molar-refractivity contribution in [3.05, 3.63) is 22.4 Å². The van der Waals surface area contributed by atoms with Crippen LogP contribution in [0.3, 0.4) is 0 Å². The van der Waals surface area contributed by atoms with Gasteiger partial charge in [0, 0.05) is 12.3 Å². The lowest BCUT2D eigenvalue weighted by Gasteiger charge is -2.15. The predicted molar refractivity (Wildman–Crippen MR) is 41.9 cm³/mol. The molecule has 1 aromatic rings.